The summed E-state index contributed by atoms with van der Waals surface area (Å²) in [5, 5.41) is 4.95. The summed E-state index contributed by atoms with van der Waals surface area (Å²) in [4.78, 5) is 0. The van der Waals surface area contributed by atoms with Gasteiger partial charge in [0.05, 0.1) is 0 Å². The molecular formula is C20H37NW. The van der Waals surface area contributed by atoms with Crippen molar-refractivity contribution in [2.24, 2.45) is 29.1 Å². The standard InChI is InChI=1S/C18H31N.C2H6.W/c1-4-15-17(16-9-7-11-19-16)13(2)12-14-8-5-6-10-18(14,15)3;1-2;/h13-17H,1,4-12H2,2-3H3;1-2H3;/q-2;;+2. The first-order chi connectivity index (χ1) is 10.2. The molecule has 3 aliphatic rings. The zero-order valence-electron chi connectivity index (χ0n) is 15.3. The van der Waals surface area contributed by atoms with E-state index in [0.29, 0.717) is 11.5 Å². The van der Waals surface area contributed by atoms with Gasteiger partial charge >= 0.3 is 21.1 Å². The molecule has 6 unspecified atom stereocenters. The molecule has 2 aliphatic carbocycles. The van der Waals surface area contributed by atoms with Crippen LogP contribution in [0.15, 0.2) is 0 Å². The predicted octanol–water partition coefficient (Wildman–Crippen LogP) is 6.24. The van der Waals surface area contributed by atoms with Crippen molar-refractivity contribution >= 4 is 0 Å². The third-order valence-corrected chi connectivity index (χ3v) is 6.85. The number of hydrogen-bond donors (Lipinski definition) is 0. The van der Waals surface area contributed by atoms with Crippen molar-refractivity contribution in [2.75, 3.05) is 6.54 Å². The molecule has 0 aromatic carbocycles. The zero-order chi connectivity index (χ0) is 15.5. The number of rotatable bonds is 2. The molecule has 3 fully saturated rings. The molecule has 1 aliphatic heterocycles. The van der Waals surface area contributed by atoms with Crippen molar-refractivity contribution in [3.63, 3.8) is 0 Å². The van der Waals surface area contributed by atoms with E-state index in [1.165, 1.54) is 44.9 Å². The maximum atomic E-state index is 4.95. The molecule has 128 valence electrons. The van der Waals surface area contributed by atoms with E-state index >= 15 is 0 Å². The summed E-state index contributed by atoms with van der Waals surface area (Å²) >= 11 is 0. The molecule has 2 heteroatoms. The third-order valence-electron chi connectivity index (χ3n) is 6.85. The molecule has 1 saturated heterocycles. The fraction of sp³-hybridized carbons (Fsp3) is 0.950. The summed E-state index contributed by atoms with van der Waals surface area (Å²) in [6.45, 7) is 14.6. The van der Waals surface area contributed by atoms with Crippen LogP contribution in [0.4, 0.5) is 0 Å². The van der Waals surface area contributed by atoms with Crippen LogP contribution in [0.5, 0.6) is 0 Å². The van der Waals surface area contributed by atoms with Gasteiger partial charge in [-0.1, -0.05) is 65.2 Å². The summed E-state index contributed by atoms with van der Waals surface area (Å²) in [5.41, 5.74) is 0.579. The quantitative estimate of drug-likeness (QED) is 0.420. The van der Waals surface area contributed by atoms with Gasteiger partial charge in [0.2, 0.25) is 0 Å². The second kappa shape index (κ2) is 9.21. The SMILES string of the molecule is CC.[CH2-]CC1C(C2CCC[N-]2)C(C)CC2CCCCC21C.[W+2]. The van der Waals surface area contributed by atoms with E-state index in [-0.39, 0.29) is 21.1 Å². The van der Waals surface area contributed by atoms with Crippen molar-refractivity contribution in [1.82, 2.24) is 0 Å². The number of hydrogen-bond acceptors (Lipinski definition) is 0. The maximum absolute atomic E-state index is 4.95. The average molecular weight is 475 g/mol. The first-order valence-corrected chi connectivity index (χ1v) is 9.62. The van der Waals surface area contributed by atoms with Crippen molar-refractivity contribution in [1.29, 1.82) is 0 Å². The second-order valence-corrected chi connectivity index (χ2v) is 7.75. The molecule has 2 saturated carbocycles. The molecule has 0 bridgehead atoms. The molecule has 6 atom stereocenters. The van der Waals surface area contributed by atoms with Gasteiger partial charge in [-0.25, -0.2) is 0 Å². The molecule has 0 radical (unpaired) electrons. The van der Waals surface area contributed by atoms with Crippen molar-refractivity contribution in [2.45, 2.75) is 85.1 Å². The van der Waals surface area contributed by atoms with E-state index in [9.17, 15) is 0 Å². The first kappa shape index (κ1) is 20.7. The molecular weight excluding hydrogens is 438 g/mol. The van der Waals surface area contributed by atoms with E-state index in [2.05, 4.69) is 20.8 Å². The average Bonchev–Trinajstić information content (AvgIpc) is 3.02. The van der Waals surface area contributed by atoms with Gasteiger partial charge < -0.3 is 12.2 Å². The Labute approximate surface area is 154 Å². The van der Waals surface area contributed by atoms with E-state index in [1.807, 2.05) is 13.8 Å². The minimum atomic E-state index is 0. The van der Waals surface area contributed by atoms with Crippen LogP contribution in [0.1, 0.15) is 79.1 Å². The third kappa shape index (κ3) is 3.83. The van der Waals surface area contributed by atoms with Gasteiger partial charge in [0.1, 0.15) is 0 Å². The molecule has 0 spiro atoms. The number of nitrogens with zero attached hydrogens (tertiary/aromatic N) is 1. The van der Waals surface area contributed by atoms with Crippen LogP contribution < -0.4 is 0 Å². The van der Waals surface area contributed by atoms with Gasteiger partial charge in [-0.05, 0) is 36.5 Å². The first-order valence-electron chi connectivity index (χ1n) is 9.62. The fourth-order valence-corrected chi connectivity index (χ4v) is 5.88. The fourth-order valence-electron chi connectivity index (χ4n) is 5.88. The predicted molar refractivity (Wildman–Crippen MR) is 93.4 cm³/mol. The van der Waals surface area contributed by atoms with Gasteiger partial charge in [0.15, 0.2) is 0 Å². The largest absolute Gasteiger partial charge is 2.00 e. The van der Waals surface area contributed by atoms with E-state index in [0.717, 1.165) is 36.6 Å². The van der Waals surface area contributed by atoms with Gasteiger partial charge in [-0.2, -0.15) is 6.42 Å². The number of fused-ring (bicyclic) bond motifs is 1. The van der Waals surface area contributed by atoms with Crippen molar-refractivity contribution < 1.29 is 21.1 Å². The topological polar surface area (TPSA) is 14.1 Å². The zero-order valence-corrected chi connectivity index (χ0v) is 18.2. The summed E-state index contributed by atoms with van der Waals surface area (Å²) in [5.74, 6) is 3.50. The van der Waals surface area contributed by atoms with E-state index < -0.39 is 0 Å². The Bertz CT molecular complexity index is 313. The molecule has 1 nitrogen and oxygen atoms in total. The van der Waals surface area contributed by atoms with Gasteiger partial charge in [0, 0.05) is 0 Å². The monoisotopic (exact) mass is 475 g/mol. The Hall–Kier alpha value is 0.648. The molecule has 3 rings (SSSR count). The normalized spacial score (nSPS) is 44.3. The maximum Gasteiger partial charge on any atom is 2.00 e. The van der Waals surface area contributed by atoms with Crippen LogP contribution >= 0.6 is 0 Å². The Balaban J connectivity index is 0.000000775. The molecule has 0 aromatic rings. The summed E-state index contributed by atoms with van der Waals surface area (Å²) in [6, 6.07) is 0.668. The smallest absolute Gasteiger partial charge is 0.659 e. The summed E-state index contributed by atoms with van der Waals surface area (Å²) in [7, 11) is 0. The molecule has 0 aromatic heterocycles. The van der Waals surface area contributed by atoms with Crippen LogP contribution in [-0.2, 0) is 21.1 Å². The minimum Gasteiger partial charge on any atom is -0.659 e. The Morgan fingerprint density at radius 1 is 1.14 bits per heavy atom. The molecule has 0 N–H and O–H groups in total. The second-order valence-electron chi connectivity index (χ2n) is 7.75. The molecule has 0 amide bonds. The Morgan fingerprint density at radius 3 is 2.45 bits per heavy atom. The Kier molecular flexibility index (Phi) is 8.67. The van der Waals surface area contributed by atoms with Gasteiger partial charge in [-0.15, -0.1) is 12.6 Å². The van der Waals surface area contributed by atoms with Crippen LogP contribution in [-0.4, -0.2) is 12.6 Å². The van der Waals surface area contributed by atoms with Crippen LogP contribution in [0.2, 0.25) is 0 Å². The summed E-state index contributed by atoms with van der Waals surface area (Å²) < 4.78 is 0. The van der Waals surface area contributed by atoms with Crippen LogP contribution in [0, 0.1) is 36.0 Å². The molecule has 22 heavy (non-hydrogen) atoms. The minimum absolute atomic E-state index is 0. The van der Waals surface area contributed by atoms with Crippen molar-refractivity contribution in [3.05, 3.63) is 12.2 Å². The molecule has 1 heterocycles. The van der Waals surface area contributed by atoms with Crippen LogP contribution in [0.25, 0.3) is 5.32 Å². The van der Waals surface area contributed by atoms with Gasteiger partial charge in [0.25, 0.3) is 0 Å². The van der Waals surface area contributed by atoms with E-state index in [4.69, 9.17) is 5.32 Å². The van der Waals surface area contributed by atoms with E-state index in [1.54, 1.807) is 0 Å². The Morgan fingerprint density at radius 2 is 1.86 bits per heavy atom. The summed E-state index contributed by atoms with van der Waals surface area (Å²) in [6.07, 6.45) is 11.1. The van der Waals surface area contributed by atoms with Crippen molar-refractivity contribution in [3.8, 4) is 0 Å². The van der Waals surface area contributed by atoms with Gasteiger partial charge in [-0.3, -0.25) is 0 Å². The van der Waals surface area contributed by atoms with Crippen LogP contribution in [0.3, 0.4) is 0 Å².